The van der Waals surface area contributed by atoms with E-state index in [-0.39, 0.29) is 67.4 Å². The van der Waals surface area contributed by atoms with Gasteiger partial charge < -0.3 is 35.2 Å². The highest BCUT2D eigenvalue weighted by molar-refractivity contribution is 7.13. The maximum Gasteiger partial charge on any atom is 0.417 e. The zero-order valence-electron chi connectivity index (χ0n) is 44.6. The van der Waals surface area contributed by atoms with E-state index in [1.54, 1.807) is 22.3 Å². The second-order valence-electron chi connectivity index (χ2n) is 22.5. The van der Waals surface area contributed by atoms with E-state index < -0.39 is 52.4 Å². The van der Waals surface area contributed by atoms with E-state index in [0.29, 0.717) is 11.1 Å². The monoisotopic (exact) mass is 1070 g/mol. The number of aliphatic hydroxyl groups is 1. The van der Waals surface area contributed by atoms with Crippen molar-refractivity contribution in [2.24, 2.45) is 16.7 Å². The van der Waals surface area contributed by atoms with Crippen LogP contribution in [0.4, 0.5) is 18.9 Å². The molecule has 4 heterocycles. The number of nitrogens with zero attached hydrogens (tertiary/aromatic N) is 6. The van der Waals surface area contributed by atoms with Crippen LogP contribution < -0.4 is 20.3 Å². The number of carbonyl (C=O) groups excluding carboxylic acids is 4. The number of nitrogens with one attached hydrogen (secondary N) is 2. The molecular weight excluding hydrogens is 1010 g/mol. The minimum atomic E-state index is -4.71. The van der Waals surface area contributed by atoms with Crippen molar-refractivity contribution in [3.05, 3.63) is 135 Å². The van der Waals surface area contributed by atoms with Gasteiger partial charge in [0.05, 0.1) is 39.4 Å². The van der Waals surface area contributed by atoms with Crippen LogP contribution in [0, 0.1) is 35.0 Å². The first-order chi connectivity index (χ1) is 36.5. The molecule has 18 heteroatoms. The number of aryl methyl sites for hydroxylation is 2. The molecule has 4 aromatic carbocycles. The second kappa shape index (κ2) is 21.9. The molecular formula is C59H67F3N8O6S. The topological polar surface area (TPSA) is 171 Å². The number of alkyl halides is 3. The summed E-state index contributed by atoms with van der Waals surface area (Å²) in [7, 11) is 0. The number of hydrogen-bond donors (Lipinski definition) is 3. The number of amides is 4. The quantitative estimate of drug-likeness (QED) is 0.0869. The van der Waals surface area contributed by atoms with Crippen LogP contribution in [0.15, 0.2) is 90.4 Å². The maximum atomic E-state index is 14.5. The molecule has 0 unspecified atom stereocenters. The summed E-state index contributed by atoms with van der Waals surface area (Å²) in [6, 6.07) is 24.4. The number of ether oxygens (including phenoxy) is 1. The Kier molecular flexibility index (Phi) is 15.6. The number of rotatable bonds is 16. The minimum Gasteiger partial charge on any atom is -0.489 e. The molecule has 3 aliphatic heterocycles. The fourth-order valence-electron chi connectivity index (χ4n) is 12.3. The summed E-state index contributed by atoms with van der Waals surface area (Å²) < 4.78 is 47.1. The summed E-state index contributed by atoms with van der Waals surface area (Å²) >= 11 is 1.57. The lowest BCUT2D eigenvalue weighted by molar-refractivity contribution is -0.164. The molecule has 4 amide bonds. The Labute approximate surface area is 452 Å². The molecule has 0 spiro atoms. The summed E-state index contributed by atoms with van der Waals surface area (Å²) in [5.74, 6) is -1.40. The zero-order chi connectivity index (χ0) is 55.1. The predicted molar refractivity (Wildman–Crippen MR) is 288 cm³/mol. The van der Waals surface area contributed by atoms with Crippen molar-refractivity contribution in [1.82, 2.24) is 30.3 Å². The number of β-amino-alcohol motifs (C(OH)–C–C–N with tert-alkyl or cyclic N) is 1. The standard InChI is InChI=1S/C59H67F3N8O6S/c1-35(2)49(54(75)69-33-44(71)28-48(69)52(73)64-31-38-12-14-39(15-13-38)50-36(3)65-34-77-50)70-32-42-18-20-43(27-46(42)53(70)74)68-25-23-67(24-26-68)22-8-9-37-10-16-40(17-11-37)51(72)66-55-57(4,5)56(58(55,6)7)76-45-21-19-41(30-63)47(29-45)59(60,61)62/h10-21,27,29,34-35,44,48-49,55-56,71H,8-9,22-26,28,31-33H2,1-7H3,(H,64,73)(H,66,72)/t44-,48+,49-,55-,56-/m1/s1. The van der Waals surface area contributed by atoms with Crippen molar-refractivity contribution < 1.29 is 42.2 Å². The number of carbonyl (C=O) groups is 4. The number of thiazole rings is 1. The van der Waals surface area contributed by atoms with Gasteiger partial charge in [-0.15, -0.1) is 11.3 Å². The summed E-state index contributed by atoms with van der Waals surface area (Å²) in [5, 5.41) is 26.1. The van der Waals surface area contributed by atoms with Crippen LogP contribution >= 0.6 is 11.3 Å². The lowest BCUT2D eigenvalue weighted by Gasteiger charge is -2.63. The number of aliphatic hydroxyl groups excluding tert-OH is 1. The zero-order valence-corrected chi connectivity index (χ0v) is 45.4. The molecule has 14 nitrogen and oxygen atoms in total. The Morgan fingerprint density at radius 3 is 2.26 bits per heavy atom. The van der Waals surface area contributed by atoms with Gasteiger partial charge in [0.1, 0.15) is 23.9 Å². The summed E-state index contributed by atoms with van der Waals surface area (Å²) in [5.41, 5.74) is 5.96. The fourth-order valence-corrected chi connectivity index (χ4v) is 13.1. The van der Waals surface area contributed by atoms with Crippen molar-refractivity contribution in [2.45, 2.75) is 117 Å². The van der Waals surface area contributed by atoms with Crippen LogP contribution in [0.25, 0.3) is 10.4 Å². The molecule has 9 rings (SSSR count). The molecule has 406 valence electrons. The van der Waals surface area contributed by atoms with Crippen LogP contribution in [0.3, 0.4) is 0 Å². The lowest BCUT2D eigenvalue weighted by atomic mass is 9.49. The van der Waals surface area contributed by atoms with Crippen molar-refractivity contribution >= 4 is 40.7 Å². The molecule has 1 aliphatic carbocycles. The van der Waals surface area contributed by atoms with Crippen LogP contribution in [-0.2, 0) is 35.3 Å². The van der Waals surface area contributed by atoms with Gasteiger partial charge in [-0.05, 0) is 96.9 Å². The van der Waals surface area contributed by atoms with Crippen molar-refractivity contribution in [3.8, 4) is 22.3 Å². The van der Waals surface area contributed by atoms with Gasteiger partial charge in [-0.25, -0.2) is 4.98 Å². The predicted octanol–water partition coefficient (Wildman–Crippen LogP) is 8.63. The van der Waals surface area contributed by atoms with Crippen molar-refractivity contribution in [2.75, 3.05) is 44.2 Å². The molecule has 3 fully saturated rings. The largest absolute Gasteiger partial charge is 0.489 e. The molecule has 77 heavy (non-hydrogen) atoms. The van der Waals surface area contributed by atoms with E-state index in [0.717, 1.165) is 96.2 Å². The van der Waals surface area contributed by atoms with Gasteiger partial charge in [0.25, 0.3) is 11.8 Å². The van der Waals surface area contributed by atoms with E-state index in [1.165, 1.54) is 11.0 Å². The minimum absolute atomic E-state index is 0.0103. The molecule has 3 atom stereocenters. The van der Waals surface area contributed by atoms with E-state index in [9.17, 15) is 42.7 Å². The molecule has 5 aromatic rings. The third-order valence-electron chi connectivity index (χ3n) is 16.1. The van der Waals surface area contributed by atoms with Crippen molar-refractivity contribution in [3.63, 3.8) is 0 Å². The Morgan fingerprint density at radius 2 is 1.62 bits per heavy atom. The highest BCUT2D eigenvalue weighted by Gasteiger charge is 2.64. The highest BCUT2D eigenvalue weighted by atomic mass is 32.1. The number of benzene rings is 4. The van der Waals surface area contributed by atoms with Gasteiger partial charge in [-0.3, -0.25) is 24.1 Å². The smallest absolute Gasteiger partial charge is 0.417 e. The first-order valence-corrected chi connectivity index (χ1v) is 27.3. The van der Waals surface area contributed by atoms with Crippen LogP contribution in [-0.4, -0.2) is 118 Å². The number of aromatic nitrogens is 1. The normalized spacial score (nSPS) is 21.3. The van der Waals surface area contributed by atoms with Gasteiger partial charge in [-0.1, -0.05) is 84.0 Å². The van der Waals surface area contributed by atoms with Crippen LogP contribution in [0.2, 0.25) is 0 Å². The molecule has 1 aromatic heterocycles. The van der Waals surface area contributed by atoms with Gasteiger partial charge >= 0.3 is 6.18 Å². The molecule has 3 N–H and O–H groups in total. The third-order valence-corrected chi connectivity index (χ3v) is 17.1. The number of anilines is 1. The lowest BCUT2D eigenvalue weighted by Crippen LogP contribution is -2.74. The average molecular weight is 1070 g/mol. The van der Waals surface area contributed by atoms with Crippen LogP contribution in [0.5, 0.6) is 5.75 Å². The number of halogens is 3. The maximum absolute atomic E-state index is 14.5. The van der Waals surface area contributed by atoms with Gasteiger partial charge in [0.2, 0.25) is 11.8 Å². The first-order valence-electron chi connectivity index (χ1n) is 26.4. The Balaban J connectivity index is 0.730. The van der Waals surface area contributed by atoms with E-state index in [1.807, 2.05) is 121 Å². The molecule has 0 bridgehead atoms. The Hall–Kier alpha value is -6.81. The van der Waals surface area contributed by atoms with Gasteiger partial charge in [0.15, 0.2) is 0 Å². The number of likely N-dealkylation sites (tertiary alicyclic amines) is 1. The molecule has 0 radical (unpaired) electrons. The van der Waals surface area contributed by atoms with E-state index in [2.05, 4.69) is 25.4 Å². The Morgan fingerprint density at radius 1 is 0.935 bits per heavy atom. The number of nitriles is 1. The number of piperazine rings is 1. The number of fused-ring (bicyclic) bond motifs is 1. The van der Waals surface area contributed by atoms with Gasteiger partial charge in [0, 0.05) is 85.9 Å². The first kappa shape index (κ1) is 55.0. The SMILES string of the molecule is Cc1ncsc1-c1ccc(CNC(=O)[C@@H]2C[C@@H](O)CN2C(=O)[C@@H](C(C)C)N2Cc3ccc(N4CCN(CCCc5ccc(C(=O)N[C@H]6C(C)(C)[C@H](Oc7ccc(C#N)c(C(F)(F)F)c7)C6(C)C)cc5)CC4)cc3C2=O)cc1. The highest BCUT2D eigenvalue weighted by Crippen LogP contribution is 2.56. The third kappa shape index (κ3) is 11.3. The Bertz CT molecular complexity index is 3040. The molecule has 1 saturated carbocycles. The fraction of sp³-hybridized carbons (Fsp3) is 0.458. The van der Waals surface area contributed by atoms with Crippen LogP contribution in [0.1, 0.15) is 109 Å². The molecule has 2 saturated heterocycles. The summed E-state index contributed by atoms with van der Waals surface area (Å²) in [4.78, 5) is 69.1. The van der Waals surface area contributed by atoms with Crippen molar-refractivity contribution in [1.29, 1.82) is 5.26 Å². The summed E-state index contributed by atoms with van der Waals surface area (Å²) in [6.07, 6.45) is -4.22. The van der Waals surface area contributed by atoms with Gasteiger partial charge in [-0.2, -0.15) is 18.4 Å². The second-order valence-corrected chi connectivity index (χ2v) is 23.4. The average Bonchev–Trinajstić information content (AvgIpc) is 4.19. The van der Waals surface area contributed by atoms with E-state index in [4.69, 9.17) is 4.74 Å². The number of hydrogen-bond acceptors (Lipinski definition) is 11. The summed E-state index contributed by atoms with van der Waals surface area (Å²) in [6.45, 7) is 18.1. The van der Waals surface area contributed by atoms with E-state index >= 15 is 0 Å². The molecule has 4 aliphatic rings.